The van der Waals surface area contributed by atoms with Gasteiger partial charge in [0, 0.05) is 56.2 Å². The molecule has 2 unspecified atom stereocenters. The number of benzene rings is 2. The van der Waals surface area contributed by atoms with Crippen molar-refractivity contribution < 1.29 is 19.1 Å². The molecular weight excluding hydrogens is 483 g/mol. The van der Waals surface area contributed by atoms with Gasteiger partial charge in [-0.25, -0.2) is 4.39 Å². The van der Waals surface area contributed by atoms with E-state index in [0.717, 1.165) is 29.2 Å². The number of hydrazone groups is 1. The number of nitrogens with zero attached hydrogens (tertiary/aromatic N) is 2. The SMILES string of the molecule is CCC1CN(Cc2ccc(C#Cc3ccc(C(CNCC(F)CO)CC4=NNCC(=O)C4=O)cc3)cc2)C1. The van der Waals surface area contributed by atoms with E-state index in [1.165, 1.54) is 25.1 Å². The van der Waals surface area contributed by atoms with E-state index in [9.17, 15) is 14.0 Å². The topological polar surface area (TPSA) is 94.0 Å². The molecule has 0 amide bonds. The summed E-state index contributed by atoms with van der Waals surface area (Å²) in [6.07, 6.45) is 0.110. The highest BCUT2D eigenvalue weighted by Crippen LogP contribution is 2.22. The summed E-state index contributed by atoms with van der Waals surface area (Å²) in [5.74, 6) is 5.93. The highest BCUT2D eigenvalue weighted by molar-refractivity contribution is 6.66. The predicted molar refractivity (Wildman–Crippen MR) is 146 cm³/mol. The van der Waals surface area contributed by atoms with Crippen LogP contribution in [0.1, 0.15) is 47.9 Å². The average molecular weight is 519 g/mol. The first-order chi connectivity index (χ1) is 18.4. The van der Waals surface area contributed by atoms with E-state index in [0.29, 0.717) is 6.54 Å². The number of rotatable bonds is 11. The molecule has 38 heavy (non-hydrogen) atoms. The third-order valence-electron chi connectivity index (χ3n) is 7.07. The fraction of sp³-hybridized carbons (Fsp3) is 0.433. The maximum atomic E-state index is 13.5. The summed E-state index contributed by atoms with van der Waals surface area (Å²) in [6.45, 7) is 5.29. The number of aliphatic hydroxyl groups excluding tert-OH is 1. The van der Waals surface area contributed by atoms with Crippen LogP contribution in [0.2, 0.25) is 0 Å². The van der Waals surface area contributed by atoms with Crippen LogP contribution in [0, 0.1) is 17.8 Å². The van der Waals surface area contributed by atoms with Crippen LogP contribution in [0.15, 0.2) is 53.6 Å². The Kier molecular flexibility index (Phi) is 9.77. The number of aliphatic hydroxyl groups is 1. The number of hydrogen-bond acceptors (Lipinski definition) is 7. The third kappa shape index (κ3) is 7.57. The molecule has 0 radical (unpaired) electrons. The molecule has 2 aliphatic rings. The quantitative estimate of drug-likeness (QED) is 0.313. The molecule has 0 spiro atoms. The first-order valence-electron chi connectivity index (χ1n) is 13.2. The van der Waals surface area contributed by atoms with Crippen molar-refractivity contribution in [3.05, 3.63) is 70.8 Å². The monoisotopic (exact) mass is 518 g/mol. The van der Waals surface area contributed by atoms with Gasteiger partial charge in [0.05, 0.1) is 13.2 Å². The molecule has 2 aromatic carbocycles. The van der Waals surface area contributed by atoms with Crippen molar-refractivity contribution in [2.45, 2.75) is 38.4 Å². The maximum absolute atomic E-state index is 13.5. The van der Waals surface area contributed by atoms with Crippen molar-refractivity contribution in [2.75, 3.05) is 39.3 Å². The van der Waals surface area contributed by atoms with Gasteiger partial charge in [0.25, 0.3) is 0 Å². The molecular formula is C30H35FN4O3. The summed E-state index contributed by atoms with van der Waals surface area (Å²) in [5.41, 5.74) is 6.78. The Morgan fingerprint density at radius 1 is 1.08 bits per heavy atom. The fourth-order valence-electron chi connectivity index (χ4n) is 4.66. The van der Waals surface area contributed by atoms with Crippen molar-refractivity contribution in [1.82, 2.24) is 15.6 Å². The van der Waals surface area contributed by atoms with Crippen LogP contribution >= 0.6 is 0 Å². The number of likely N-dealkylation sites (tertiary alicyclic amines) is 1. The van der Waals surface area contributed by atoms with E-state index in [1.54, 1.807) is 0 Å². The van der Waals surface area contributed by atoms with Gasteiger partial charge in [-0.1, -0.05) is 49.5 Å². The smallest absolute Gasteiger partial charge is 0.246 e. The van der Waals surface area contributed by atoms with E-state index in [2.05, 4.69) is 63.8 Å². The summed E-state index contributed by atoms with van der Waals surface area (Å²) in [6, 6.07) is 16.1. The normalized spacial score (nSPS) is 17.6. The highest BCUT2D eigenvalue weighted by atomic mass is 19.1. The summed E-state index contributed by atoms with van der Waals surface area (Å²) in [4.78, 5) is 26.5. The minimum Gasteiger partial charge on any atom is -0.393 e. The summed E-state index contributed by atoms with van der Waals surface area (Å²) < 4.78 is 13.5. The molecule has 7 nitrogen and oxygen atoms in total. The van der Waals surface area contributed by atoms with E-state index < -0.39 is 24.3 Å². The molecule has 8 heteroatoms. The largest absolute Gasteiger partial charge is 0.393 e. The van der Waals surface area contributed by atoms with Crippen LogP contribution in [0.4, 0.5) is 4.39 Å². The first kappa shape index (κ1) is 27.6. The lowest BCUT2D eigenvalue weighted by molar-refractivity contribution is -0.132. The third-order valence-corrected chi connectivity index (χ3v) is 7.07. The molecule has 1 fully saturated rings. The zero-order valence-electron chi connectivity index (χ0n) is 21.8. The van der Waals surface area contributed by atoms with Crippen LogP contribution in [0.5, 0.6) is 0 Å². The van der Waals surface area contributed by atoms with Crippen molar-refractivity contribution in [3.63, 3.8) is 0 Å². The Morgan fingerprint density at radius 3 is 2.37 bits per heavy atom. The number of hydrogen-bond donors (Lipinski definition) is 3. The number of nitrogens with one attached hydrogen (secondary N) is 2. The zero-order valence-corrected chi connectivity index (χ0v) is 21.8. The number of ketones is 2. The lowest BCUT2D eigenvalue weighted by Crippen LogP contribution is -2.45. The number of Topliss-reactive ketones (excluding diaryl/α,β-unsaturated/α-hetero) is 2. The molecule has 2 heterocycles. The van der Waals surface area contributed by atoms with Crippen molar-refractivity contribution in [1.29, 1.82) is 0 Å². The minimum absolute atomic E-state index is 0.00968. The van der Waals surface area contributed by atoms with Gasteiger partial charge in [-0.15, -0.1) is 0 Å². The molecule has 200 valence electrons. The molecule has 0 saturated carbocycles. The molecule has 2 atom stereocenters. The van der Waals surface area contributed by atoms with Crippen LogP contribution in [-0.4, -0.2) is 72.8 Å². The Morgan fingerprint density at radius 2 is 1.74 bits per heavy atom. The Labute approximate surface area is 223 Å². The molecule has 0 aromatic heterocycles. The second kappa shape index (κ2) is 13.4. The van der Waals surface area contributed by atoms with E-state index >= 15 is 0 Å². The Hall–Kier alpha value is -3.38. The van der Waals surface area contributed by atoms with Crippen LogP contribution in [0.3, 0.4) is 0 Å². The van der Waals surface area contributed by atoms with Crippen molar-refractivity contribution in [2.24, 2.45) is 11.0 Å². The number of carbonyl (C=O) groups is 2. The number of halogens is 1. The summed E-state index contributed by atoms with van der Waals surface area (Å²) in [5, 5.41) is 16.0. The number of carbonyl (C=O) groups excluding carboxylic acids is 2. The van der Waals surface area contributed by atoms with E-state index in [4.69, 9.17) is 5.11 Å². The summed E-state index contributed by atoms with van der Waals surface area (Å²) >= 11 is 0. The van der Waals surface area contributed by atoms with Crippen LogP contribution < -0.4 is 10.7 Å². The Balaban J connectivity index is 1.39. The second-order valence-corrected chi connectivity index (χ2v) is 10.0. The van der Waals surface area contributed by atoms with Gasteiger partial charge in [-0.3, -0.25) is 14.5 Å². The second-order valence-electron chi connectivity index (χ2n) is 10.0. The highest BCUT2D eigenvalue weighted by Gasteiger charge is 2.27. The molecule has 4 rings (SSSR count). The van der Waals surface area contributed by atoms with Gasteiger partial charge < -0.3 is 15.8 Å². The average Bonchev–Trinajstić information content (AvgIpc) is 2.92. The molecule has 2 aliphatic heterocycles. The fourth-order valence-corrected chi connectivity index (χ4v) is 4.66. The molecule has 3 N–H and O–H groups in total. The van der Waals surface area contributed by atoms with Crippen molar-refractivity contribution >= 4 is 17.3 Å². The lowest BCUT2D eigenvalue weighted by Gasteiger charge is -2.38. The van der Waals surface area contributed by atoms with Gasteiger partial charge >= 0.3 is 0 Å². The predicted octanol–water partition coefficient (Wildman–Crippen LogP) is 2.42. The molecule has 1 saturated heterocycles. The van der Waals surface area contributed by atoms with Gasteiger partial charge in [0.15, 0.2) is 0 Å². The van der Waals surface area contributed by atoms with Gasteiger partial charge in [-0.05, 0) is 41.3 Å². The standard InChI is InChI=1S/C30H35FN4O3/c1-2-21-17-35(18-21)19-24-7-5-22(6-8-24)3-4-23-9-11-25(12-10-23)26(14-32-15-27(31)20-36)13-28-30(38)29(37)16-33-34-28/h5-12,21,26-27,32-33,36H,2,13-20H2,1H3. The summed E-state index contributed by atoms with van der Waals surface area (Å²) in [7, 11) is 0. The molecule has 0 aliphatic carbocycles. The van der Waals surface area contributed by atoms with Gasteiger partial charge in [-0.2, -0.15) is 5.10 Å². The number of alkyl halides is 1. The van der Waals surface area contributed by atoms with Crippen molar-refractivity contribution in [3.8, 4) is 11.8 Å². The minimum atomic E-state index is -1.37. The van der Waals surface area contributed by atoms with Crippen LogP contribution in [-0.2, 0) is 16.1 Å². The molecule has 0 bridgehead atoms. The lowest BCUT2D eigenvalue weighted by atomic mass is 9.90. The zero-order chi connectivity index (χ0) is 26.9. The van der Waals surface area contributed by atoms with Crippen LogP contribution in [0.25, 0.3) is 0 Å². The first-order valence-corrected chi connectivity index (χ1v) is 13.2. The van der Waals surface area contributed by atoms with E-state index in [1.807, 2.05) is 24.3 Å². The molecule has 2 aromatic rings. The van der Waals surface area contributed by atoms with Gasteiger partial charge in [0.1, 0.15) is 11.9 Å². The Bertz CT molecular complexity index is 1190. The van der Waals surface area contributed by atoms with Gasteiger partial charge in [0.2, 0.25) is 11.6 Å². The maximum Gasteiger partial charge on any atom is 0.246 e. The van der Waals surface area contributed by atoms with E-state index in [-0.39, 0.29) is 31.1 Å².